The minimum Gasteiger partial charge on any atom is -0.316 e. The highest BCUT2D eigenvalue weighted by atomic mass is 15.2. The van der Waals surface area contributed by atoms with E-state index < -0.39 is 0 Å². The van der Waals surface area contributed by atoms with Gasteiger partial charge in [-0.15, -0.1) is 0 Å². The molecule has 88 valence electrons. The lowest BCUT2D eigenvalue weighted by atomic mass is 9.94. The van der Waals surface area contributed by atoms with Crippen molar-refractivity contribution in [2.45, 2.75) is 12.8 Å². The van der Waals surface area contributed by atoms with E-state index in [1.807, 2.05) is 0 Å². The van der Waals surface area contributed by atoms with Crippen molar-refractivity contribution in [3.63, 3.8) is 0 Å². The molecule has 2 fully saturated rings. The molecule has 3 nitrogen and oxygen atoms in total. The predicted octanol–water partition coefficient (Wildman–Crippen LogP) is 0.479. The van der Waals surface area contributed by atoms with Crippen LogP contribution >= 0.6 is 0 Å². The van der Waals surface area contributed by atoms with Gasteiger partial charge in [0.2, 0.25) is 0 Å². The highest BCUT2D eigenvalue weighted by molar-refractivity contribution is 4.81. The molecule has 0 bridgehead atoms. The molecule has 2 heterocycles. The Morgan fingerprint density at radius 2 is 1.80 bits per heavy atom. The fourth-order valence-corrected chi connectivity index (χ4v) is 2.71. The zero-order valence-electron chi connectivity index (χ0n) is 10.2. The van der Waals surface area contributed by atoms with Crippen molar-refractivity contribution < 1.29 is 0 Å². The van der Waals surface area contributed by atoms with Gasteiger partial charge in [0.05, 0.1) is 0 Å². The number of likely N-dealkylation sites (tertiary alicyclic amines) is 1. The third kappa shape index (κ3) is 3.44. The molecular weight excluding hydrogens is 186 g/mol. The first-order chi connectivity index (χ1) is 7.24. The SMILES string of the molecule is CN(C)CC1CCN(CC2CNC2)CC1. The Labute approximate surface area is 93.8 Å². The summed E-state index contributed by atoms with van der Waals surface area (Å²) in [6, 6.07) is 0. The van der Waals surface area contributed by atoms with Gasteiger partial charge >= 0.3 is 0 Å². The molecule has 15 heavy (non-hydrogen) atoms. The summed E-state index contributed by atoms with van der Waals surface area (Å²) >= 11 is 0. The molecule has 0 radical (unpaired) electrons. The molecule has 0 atom stereocenters. The lowest BCUT2D eigenvalue weighted by molar-refractivity contribution is 0.129. The average molecular weight is 211 g/mol. The van der Waals surface area contributed by atoms with Crippen molar-refractivity contribution in [3.05, 3.63) is 0 Å². The van der Waals surface area contributed by atoms with Gasteiger partial charge in [0.1, 0.15) is 0 Å². The van der Waals surface area contributed by atoms with E-state index in [-0.39, 0.29) is 0 Å². The van der Waals surface area contributed by atoms with E-state index >= 15 is 0 Å². The minimum atomic E-state index is 0.940. The van der Waals surface area contributed by atoms with Gasteiger partial charge in [-0.3, -0.25) is 0 Å². The maximum absolute atomic E-state index is 3.35. The molecule has 0 aliphatic carbocycles. The molecule has 2 saturated heterocycles. The Hall–Kier alpha value is -0.120. The largest absolute Gasteiger partial charge is 0.316 e. The van der Waals surface area contributed by atoms with E-state index in [9.17, 15) is 0 Å². The third-order valence-corrected chi connectivity index (χ3v) is 3.71. The molecule has 2 aliphatic rings. The van der Waals surface area contributed by atoms with Crippen molar-refractivity contribution in [1.29, 1.82) is 0 Å². The van der Waals surface area contributed by atoms with Crippen LogP contribution in [0.5, 0.6) is 0 Å². The summed E-state index contributed by atoms with van der Waals surface area (Å²) in [5.74, 6) is 1.88. The molecule has 0 spiro atoms. The molecule has 2 rings (SSSR count). The topological polar surface area (TPSA) is 18.5 Å². The first-order valence-corrected chi connectivity index (χ1v) is 6.32. The number of nitrogens with zero attached hydrogens (tertiary/aromatic N) is 2. The number of rotatable bonds is 4. The Morgan fingerprint density at radius 1 is 1.13 bits per heavy atom. The fourth-order valence-electron chi connectivity index (χ4n) is 2.71. The van der Waals surface area contributed by atoms with Crippen LogP contribution in [0, 0.1) is 11.8 Å². The van der Waals surface area contributed by atoms with Crippen LogP contribution in [0.2, 0.25) is 0 Å². The highest BCUT2D eigenvalue weighted by Gasteiger charge is 2.24. The van der Waals surface area contributed by atoms with Gasteiger partial charge in [-0.05, 0) is 51.9 Å². The molecule has 0 aromatic carbocycles. The van der Waals surface area contributed by atoms with Crippen LogP contribution in [0.25, 0.3) is 0 Å². The number of nitrogens with one attached hydrogen (secondary N) is 1. The van der Waals surface area contributed by atoms with Gasteiger partial charge in [-0.1, -0.05) is 0 Å². The molecular formula is C12H25N3. The van der Waals surface area contributed by atoms with Crippen LogP contribution in [-0.4, -0.2) is 63.2 Å². The van der Waals surface area contributed by atoms with Crippen LogP contribution in [0.15, 0.2) is 0 Å². The van der Waals surface area contributed by atoms with Crippen LogP contribution in [0.1, 0.15) is 12.8 Å². The van der Waals surface area contributed by atoms with E-state index in [1.54, 1.807) is 0 Å². The van der Waals surface area contributed by atoms with Crippen LogP contribution in [0.4, 0.5) is 0 Å². The van der Waals surface area contributed by atoms with Gasteiger partial charge in [0.15, 0.2) is 0 Å². The lowest BCUT2D eigenvalue weighted by Crippen LogP contribution is -2.50. The predicted molar refractivity (Wildman–Crippen MR) is 64.1 cm³/mol. The quantitative estimate of drug-likeness (QED) is 0.730. The second kappa shape index (κ2) is 5.28. The van der Waals surface area contributed by atoms with Gasteiger partial charge in [-0.25, -0.2) is 0 Å². The van der Waals surface area contributed by atoms with E-state index in [0.29, 0.717) is 0 Å². The first kappa shape index (κ1) is 11.4. The van der Waals surface area contributed by atoms with E-state index in [4.69, 9.17) is 0 Å². The van der Waals surface area contributed by atoms with Gasteiger partial charge in [-0.2, -0.15) is 0 Å². The maximum atomic E-state index is 3.35. The minimum absolute atomic E-state index is 0.940. The number of piperidine rings is 1. The molecule has 3 heteroatoms. The van der Waals surface area contributed by atoms with Gasteiger partial charge < -0.3 is 15.1 Å². The van der Waals surface area contributed by atoms with Crippen molar-refractivity contribution in [2.75, 3.05) is 53.4 Å². The van der Waals surface area contributed by atoms with E-state index in [2.05, 4.69) is 29.2 Å². The van der Waals surface area contributed by atoms with Crippen LogP contribution in [-0.2, 0) is 0 Å². The van der Waals surface area contributed by atoms with Crippen molar-refractivity contribution in [1.82, 2.24) is 15.1 Å². The Bertz CT molecular complexity index is 181. The molecule has 0 unspecified atom stereocenters. The summed E-state index contributed by atoms with van der Waals surface area (Å²) < 4.78 is 0. The summed E-state index contributed by atoms with van der Waals surface area (Å²) in [4.78, 5) is 4.99. The van der Waals surface area contributed by atoms with E-state index in [1.165, 1.54) is 52.1 Å². The highest BCUT2D eigenvalue weighted by Crippen LogP contribution is 2.19. The van der Waals surface area contributed by atoms with Gasteiger partial charge in [0, 0.05) is 26.2 Å². The Morgan fingerprint density at radius 3 is 2.27 bits per heavy atom. The first-order valence-electron chi connectivity index (χ1n) is 6.32. The smallest absolute Gasteiger partial charge is 0.00340 e. The molecule has 0 amide bonds. The van der Waals surface area contributed by atoms with Crippen molar-refractivity contribution >= 4 is 0 Å². The Kier molecular flexibility index (Phi) is 4.00. The second-order valence-corrected chi connectivity index (χ2v) is 5.53. The van der Waals surface area contributed by atoms with E-state index in [0.717, 1.165) is 11.8 Å². The summed E-state index contributed by atoms with van der Waals surface area (Å²) in [6.07, 6.45) is 2.80. The summed E-state index contributed by atoms with van der Waals surface area (Å²) in [5, 5.41) is 3.35. The zero-order chi connectivity index (χ0) is 10.7. The molecule has 0 aromatic rings. The molecule has 0 aromatic heterocycles. The monoisotopic (exact) mass is 211 g/mol. The summed E-state index contributed by atoms with van der Waals surface area (Å²) in [5.41, 5.74) is 0. The van der Waals surface area contributed by atoms with Crippen molar-refractivity contribution in [3.8, 4) is 0 Å². The number of hydrogen-bond acceptors (Lipinski definition) is 3. The fraction of sp³-hybridized carbons (Fsp3) is 1.00. The summed E-state index contributed by atoms with van der Waals surface area (Å²) in [6.45, 7) is 7.76. The molecule has 2 aliphatic heterocycles. The third-order valence-electron chi connectivity index (χ3n) is 3.71. The van der Waals surface area contributed by atoms with Crippen molar-refractivity contribution in [2.24, 2.45) is 11.8 Å². The second-order valence-electron chi connectivity index (χ2n) is 5.53. The van der Waals surface area contributed by atoms with Gasteiger partial charge in [0.25, 0.3) is 0 Å². The number of hydrogen-bond donors (Lipinski definition) is 1. The molecule has 0 saturated carbocycles. The van der Waals surface area contributed by atoms with Crippen LogP contribution < -0.4 is 5.32 Å². The normalized spacial score (nSPS) is 25.8. The summed E-state index contributed by atoms with van der Waals surface area (Å²) in [7, 11) is 4.37. The zero-order valence-corrected chi connectivity index (χ0v) is 10.2. The van der Waals surface area contributed by atoms with Crippen LogP contribution in [0.3, 0.4) is 0 Å². The standard InChI is InChI=1S/C12H25N3/c1-14(2)9-11-3-5-15(6-4-11)10-12-7-13-8-12/h11-13H,3-10H2,1-2H3. The maximum Gasteiger partial charge on any atom is 0.00340 e. The lowest BCUT2D eigenvalue weighted by Gasteiger charge is -2.37. The Balaban J connectivity index is 1.62. The molecule has 1 N–H and O–H groups in total. The average Bonchev–Trinajstić information content (AvgIpc) is 2.13.